The van der Waals surface area contributed by atoms with Crippen LogP contribution in [0, 0.1) is 0 Å². The molecule has 22 heavy (non-hydrogen) atoms. The summed E-state index contributed by atoms with van der Waals surface area (Å²) < 4.78 is 0. The van der Waals surface area contributed by atoms with Crippen LogP contribution in [0.4, 0.5) is 0 Å². The van der Waals surface area contributed by atoms with Crippen LogP contribution in [0.1, 0.15) is 35.8 Å². The molecule has 3 aromatic rings. The molecule has 0 radical (unpaired) electrons. The van der Waals surface area contributed by atoms with Crippen LogP contribution in [0.15, 0.2) is 42.6 Å². The molecule has 0 atom stereocenters. The number of ketones is 1. The number of aromatic amines is 1. The Labute approximate surface area is 128 Å². The smallest absolute Gasteiger partial charge is 0.204 e. The number of hydrogen-bond donors (Lipinski definition) is 1. The maximum Gasteiger partial charge on any atom is 0.204 e. The quantitative estimate of drug-likeness (QED) is 0.734. The van der Waals surface area contributed by atoms with Crippen molar-refractivity contribution >= 4 is 5.78 Å². The van der Waals surface area contributed by atoms with Gasteiger partial charge in [-0.25, -0.2) is 0 Å². The Morgan fingerprint density at radius 3 is 2.64 bits per heavy atom. The predicted molar refractivity (Wildman–Crippen MR) is 82.5 cm³/mol. The van der Waals surface area contributed by atoms with E-state index in [-0.39, 0.29) is 12.3 Å². The number of aromatic nitrogens is 5. The van der Waals surface area contributed by atoms with Crippen LogP contribution in [-0.4, -0.2) is 31.0 Å². The summed E-state index contributed by atoms with van der Waals surface area (Å²) in [7, 11) is 0. The van der Waals surface area contributed by atoms with E-state index in [1.807, 2.05) is 12.1 Å². The van der Waals surface area contributed by atoms with E-state index in [1.54, 1.807) is 18.3 Å². The van der Waals surface area contributed by atoms with Crippen LogP contribution in [0.2, 0.25) is 0 Å². The van der Waals surface area contributed by atoms with E-state index in [9.17, 15) is 4.79 Å². The van der Waals surface area contributed by atoms with Gasteiger partial charge in [-0.15, -0.1) is 10.2 Å². The summed E-state index contributed by atoms with van der Waals surface area (Å²) in [6.07, 6.45) is 1.71. The third-order valence-corrected chi connectivity index (χ3v) is 3.47. The molecular weight excluding hydrogens is 278 g/mol. The SMILES string of the molecule is CC(C)c1ccc(-c2nnn(CC(=O)c3ccc[nH]3)n2)cc1. The maximum atomic E-state index is 12.0. The van der Waals surface area contributed by atoms with Gasteiger partial charge in [0.25, 0.3) is 0 Å². The molecule has 2 aromatic heterocycles. The molecule has 6 heteroatoms. The first-order valence-corrected chi connectivity index (χ1v) is 7.18. The first kappa shape index (κ1) is 14.2. The summed E-state index contributed by atoms with van der Waals surface area (Å²) in [6, 6.07) is 11.6. The molecule has 0 unspecified atom stereocenters. The Morgan fingerprint density at radius 2 is 2.00 bits per heavy atom. The Kier molecular flexibility index (Phi) is 3.82. The van der Waals surface area contributed by atoms with Gasteiger partial charge in [0.1, 0.15) is 6.54 Å². The van der Waals surface area contributed by atoms with E-state index in [4.69, 9.17) is 0 Å². The van der Waals surface area contributed by atoms with Gasteiger partial charge in [-0.1, -0.05) is 38.1 Å². The van der Waals surface area contributed by atoms with Crippen LogP contribution in [-0.2, 0) is 6.54 Å². The summed E-state index contributed by atoms with van der Waals surface area (Å²) in [5.41, 5.74) is 2.70. The summed E-state index contributed by atoms with van der Waals surface area (Å²) >= 11 is 0. The molecule has 1 N–H and O–H groups in total. The van der Waals surface area contributed by atoms with Crippen molar-refractivity contribution < 1.29 is 4.79 Å². The summed E-state index contributed by atoms with van der Waals surface area (Å²) in [5.74, 6) is 0.926. The molecule has 112 valence electrons. The monoisotopic (exact) mass is 295 g/mol. The number of tetrazole rings is 1. The molecule has 2 heterocycles. The highest BCUT2D eigenvalue weighted by Crippen LogP contribution is 2.19. The molecule has 0 aliphatic carbocycles. The van der Waals surface area contributed by atoms with Crippen molar-refractivity contribution in [1.29, 1.82) is 0 Å². The van der Waals surface area contributed by atoms with Gasteiger partial charge in [-0.3, -0.25) is 4.79 Å². The van der Waals surface area contributed by atoms with Crippen molar-refractivity contribution in [2.75, 3.05) is 0 Å². The maximum absolute atomic E-state index is 12.0. The minimum absolute atomic E-state index is 0.0671. The van der Waals surface area contributed by atoms with Gasteiger partial charge in [0.15, 0.2) is 0 Å². The Hall–Kier alpha value is -2.76. The number of benzene rings is 1. The second kappa shape index (κ2) is 5.93. The summed E-state index contributed by atoms with van der Waals surface area (Å²) in [4.78, 5) is 16.2. The highest BCUT2D eigenvalue weighted by molar-refractivity contribution is 5.93. The minimum Gasteiger partial charge on any atom is -0.359 e. The Bertz CT molecular complexity index is 756. The first-order valence-electron chi connectivity index (χ1n) is 7.18. The van der Waals surface area contributed by atoms with Gasteiger partial charge in [0.05, 0.1) is 5.69 Å². The fourth-order valence-corrected chi connectivity index (χ4v) is 2.16. The lowest BCUT2D eigenvalue weighted by Gasteiger charge is -2.04. The highest BCUT2D eigenvalue weighted by atomic mass is 16.1. The first-order chi connectivity index (χ1) is 10.6. The predicted octanol–water partition coefficient (Wildman–Crippen LogP) is 2.67. The number of nitrogens with zero attached hydrogens (tertiary/aromatic N) is 4. The molecule has 0 fully saturated rings. The summed E-state index contributed by atoms with van der Waals surface area (Å²) in [5, 5.41) is 12.2. The molecule has 0 amide bonds. The number of carbonyl (C=O) groups excluding carboxylic acids is 1. The van der Waals surface area contributed by atoms with Crippen LogP contribution in [0.3, 0.4) is 0 Å². The van der Waals surface area contributed by atoms with Crippen LogP contribution < -0.4 is 0 Å². The molecule has 0 saturated carbocycles. The van der Waals surface area contributed by atoms with Crippen molar-refractivity contribution in [2.24, 2.45) is 0 Å². The molecule has 0 aliphatic heterocycles. The number of carbonyl (C=O) groups is 1. The van der Waals surface area contributed by atoms with E-state index >= 15 is 0 Å². The highest BCUT2D eigenvalue weighted by Gasteiger charge is 2.11. The zero-order valence-corrected chi connectivity index (χ0v) is 12.5. The second-order valence-electron chi connectivity index (χ2n) is 5.43. The van der Waals surface area contributed by atoms with Gasteiger partial charge in [-0.05, 0) is 28.8 Å². The second-order valence-corrected chi connectivity index (χ2v) is 5.43. The zero-order chi connectivity index (χ0) is 15.5. The van der Waals surface area contributed by atoms with Crippen molar-refractivity contribution in [3.05, 3.63) is 53.9 Å². The Morgan fingerprint density at radius 1 is 1.23 bits per heavy atom. The van der Waals surface area contributed by atoms with Gasteiger partial charge in [0.2, 0.25) is 11.6 Å². The van der Waals surface area contributed by atoms with Gasteiger partial charge < -0.3 is 4.98 Å². The standard InChI is InChI=1S/C16H17N5O/c1-11(2)12-5-7-13(8-6-12)16-18-20-21(19-16)10-15(22)14-4-3-9-17-14/h3-9,11,17H,10H2,1-2H3. The van der Waals surface area contributed by atoms with Crippen LogP contribution >= 0.6 is 0 Å². The number of rotatable bonds is 5. The van der Waals surface area contributed by atoms with Gasteiger partial charge in [0, 0.05) is 11.8 Å². The molecule has 3 rings (SSSR count). The fraction of sp³-hybridized carbons (Fsp3) is 0.250. The minimum atomic E-state index is -0.0795. The van der Waals surface area contributed by atoms with E-state index in [0.717, 1.165) is 5.56 Å². The normalized spacial score (nSPS) is 11.0. The van der Waals surface area contributed by atoms with E-state index in [2.05, 4.69) is 46.4 Å². The van der Waals surface area contributed by atoms with Crippen LogP contribution in [0.25, 0.3) is 11.4 Å². The molecule has 1 aromatic carbocycles. The van der Waals surface area contributed by atoms with Crippen LogP contribution in [0.5, 0.6) is 0 Å². The molecule has 6 nitrogen and oxygen atoms in total. The number of Topliss-reactive ketones (excluding diaryl/α,β-unsaturated/α-hetero) is 1. The summed E-state index contributed by atoms with van der Waals surface area (Å²) in [6.45, 7) is 4.36. The third-order valence-electron chi connectivity index (χ3n) is 3.47. The number of H-pyrrole nitrogens is 1. The van der Waals surface area contributed by atoms with E-state index in [0.29, 0.717) is 17.4 Å². The molecule has 0 bridgehead atoms. The fourth-order valence-electron chi connectivity index (χ4n) is 2.16. The van der Waals surface area contributed by atoms with E-state index in [1.165, 1.54) is 10.4 Å². The van der Waals surface area contributed by atoms with Crippen molar-refractivity contribution in [3.63, 3.8) is 0 Å². The zero-order valence-electron chi connectivity index (χ0n) is 12.5. The lowest BCUT2D eigenvalue weighted by molar-refractivity contribution is 0.0957. The average molecular weight is 295 g/mol. The third kappa shape index (κ3) is 2.95. The Balaban J connectivity index is 1.74. The lowest BCUT2D eigenvalue weighted by Crippen LogP contribution is -2.13. The van der Waals surface area contributed by atoms with Crippen molar-refractivity contribution in [1.82, 2.24) is 25.2 Å². The molecule has 0 aliphatic rings. The average Bonchev–Trinajstić information content (AvgIpc) is 3.19. The van der Waals surface area contributed by atoms with E-state index < -0.39 is 0 Å². The topological polar surface area (TPSA) is 76.5 Å². The van der Waals surface area contributed by atoms with Gasteiger partial charge in [-0.2, -0.15) is 4.80 Å². The van der Waals surface area contributed by atoms with Crippen molar-refractivity contribution in [3.8, 4) is 11.4 Å². The number of hydrogen-bond acceptors (Lipinski definition) is 4. The molecular formula is C16H17N5O. The number of nitrogens with one attached hydrogen (secondary N) is 1. The van der Waals surface area contributed by atoms with Gasteiger partial charge >= 0.3 is 0 Å². The molecule has 0 spiro atoms. The molecule has 0 saturated heterocycles. The lowest BCUT2D eigenvalue weighted by atomic mass is 10.0. The van der Waals surface area contributed by atoms with Crippen molar-refractivity contribution in [2.45, 2.75) is 26.3 Å². The largest absolute Gasteiger partial charge is 0.359 e.